The molecule has 1 aliphatic heterocycles. The molecule has 2 rings (SSSR count). The lowest BCUT2D eigenvalue weighted by Crippen LogP contribution is -2.32. The number of carboxylic acid groups (broad SMARTS) is 1. The Hall–Kier alpha value is -1.49. The molecule has 1 aromatic rings. The van der Waals surface area contributed by atoms with E-state index in [1.165, 1.54) is 12.1 Å². The van der Waals surface area contributed by atoms with Crippen molar-refractivity contribution >= 4 is 29.2 Å². The summed E-state index contributed by atoms with van der Waals surface area (Å²) in [5, 5.41) is 19.5. The Labute approximate surface area is 145 Å². The van der Waals surface area contributed by atoms with Crippen LogP contribution >= 0.6 is 23.2 Å². The van der Waals surface area contributed by atoms with Gasteiger partial charge >= 0.3 is 5.97 Å². The molecule has 1 aliphatic rings. The number of likely N-dealkylation sites (N-methyl/N-ethyl adjacent to an activating group) is 1. The number of carboxylic acids is 1. The molecule has 2 N–H and O–H groups in total. The monoisotopic (exact) mass is 355 g/mol. The van der Waals surface area contributed by atoms with Crippen molar-refractivity contribution in [3.8, 4) is 5.75 Å². The highest BCUT2D eigenvalue weighted by Crippen LogP contribution is 2.34. The average molecular weight is 356 g/mol. The maximum absolute atomic E-state index is 11.2. The first-order valence-electron chi connectivity index (χ1n) is 7.29. The van der Waals surface area contributed by atoms with Crippen LogP contribution in [0.1, 0.15) is 28.3 Å². The molecule has 0 radical (unpaired) electrons. The molecule has 124 valence electrons. The van der Waals surface area contributed by atoms with Gasteiger partial charge in [-0.3, -0.25) is 0 Å². The molecule has 0 amide bonds. The van der Waals surface area contributed by atoms with Crippen molar-refractivity contribution in [3.05, 3.63) is 52.1 Å². The summed E-state index contributed by atoms with van der Waals surface area (Å²) in [7, 11) is 2.03. The maximum Gasteiger partial charge on any atom is 0.339 e. The quantitative estimate of drug-likeness (QED) is 0.806. The summed E-state index contributed by atoms with van der Waals surface area (Å²) < 4.78 is 0. The summed E-state index contributed by atoms with van der Waals surface area (Å²) in [6, 6.07) is 4.73. The summed E-state index contributed by atoms with van der Waals surface area (Å²) in [6.07, 6.45) is 4.48. The number of aromatic hydroxyl groups is 1. The Bertz CT molecular complexity index is 655. The number of phenols is 1. The highest BCUT2D eigenvalue weighted by molar-refractivity contribution is 6.32. The predicted molar refractivity (Wildman–Crippen MR) is 92.7 cm³/mol. The van der Waals surface area contributed by atoms with E-state index in [0.29, 0.717) is 10.9 Å². The number of hydrogen-bond donors (Lipinski definition) is 2. The van der Waals surface area contributed by atoms with E-state index in [4.69, 9.17) is 23.2 Å². The number of rotatable bonds is 4. The van der Waals surface area contributed by atoms with E-state index >= 15 is 0 Å². The number of halogens is 2. The molecule has 1 saturated heterocycles. The fraction of sp³-hybridized carbons (Fsp3) is 0.353. The molecule has 0 spiro atoms. The Balaban J connectivity index is 2.41. The molecule has 0 bridgehead atoms. The van der Waals surface area contributed by atoms with E-state index in [-0.39, 0.29) is 17.2 Å². The van der Waals surface area contributed by atoms with Gasteiger partial charge in [0.2, 0.25) is 0 Å². The standard InChI is InChI=1S/C17H19Cl2NO3/c1-20-7-5-12(8-13(19)4-6-18)15(10-20)11-2-3-16(21)14(9-11)17(22)23/h2-4,8-9,15,21H,5-7,10H2,1H3,(H,22,23)/b12-8+,13-4+. The fourth-order valence-electron chi connectivity index (χ4n) is 2.76. The summed E-state index contributed by atoms with van der Waals surface area (Å²) in [6.45, 7) is 1.68. The molecule has 23 heavy (non-hydrogen) atoms. The number of hydrogen-bond acceptors (Lipinski definition) is 3. The van der Waals surface area contributed by atoms with Gasteiger partial charge in [0.25, 0.3) is 0 Å². The Kier molecular flexibility index (Phi) is 6.10. The third-order valence-corrected chi connectivity index (χ3v) is 4.39. The number of piperidine rings is 1. The number of carbonyl (C=O) groups is 1. The predicted octanol–water partition coefficient (Wildman–Crippen LogP) is 3.80. The molecule has 1 atom stereocenters. The van der Waals surface area contributed by atoms with Gasteiger partial charge < -0.3 is 15.1 Å². The van der Waals surface area contributed by atoms with Crippen LogP contribution in [0.3, 0.4) is 0 Å². The van der Waals surface area contributed by atoms with Gasteiger partial charge in [-0.1, -0.05) is 29.3 Å². The Morgan fingerprint density at radius 3 is 2.87 bits per heavy atom. The smallest absolute Gasteiger partial charge is 0.339 e. The molecule has 4 nitrogen and oxygen atoms in total. The molecule has 1 unspecified atom stereocenters. The molecule has 0 aliphatic carbocycles. The van der Waals surface area contributed by atoms with Crippen LogP contribution < -0.4 is 0 Å². The average Bonchev–Trinajstić information content (AvgIpc) is 2.49. The zero-order chi connectivity index (χ0) is 17.0. The van der Waals surface area contributed by atoms with E-state index < -0.39 is 5.97 Å². The molecule has 0 aromatic heterocycles. The number of allylic oxidation sites excluding steroid dienone is 3. The van der Waals surface area contributed by atoms with Crippen molar-refractivity contribution in [2.45, 2.75) is 12.3 Å². The minimum Gasteiger partial charge on any atom is -0.507 e. The Morgan fingerprint density at radius 2 is 2.22 bits per heavy atom. The van der Waals surface area contributed by atoms with Crippen LogP contribution in [-0.2, 0) is 0 Å². The van der Waals surface area contributed by atoms with Crippen molar-refractivity contribution in [1.29, 1.82) is 0 Å². The van der Waals surface area contributed by atoms with Gasteiger partial charge in [-0.15, -0.1) is 11.6 Å². The normalized spacial score (nSPS) is 21.6. The van der Waals surface area contributed by atoms with Crippen molar-refractivity contribution in [1.82, 2.24) is 4.90 Å². The second-order valence-electron chi connectivity index (χ2n) is 5.61. The number of alkyl halides is 1. The lowest BCUT2D eigenvalue weighted by molar-refractivity contribution is 0.0693. The van der Waals surface area contributed by atoms with Crippen LogP contribution in [0.25, 0.3) is 0 Å². The second-order valence-corrected chi connectivity index (χ2v) is 6.35. The summed E-state index contributed by atoms with van der Waals surface area (Å²) in [5.74, 6) is -0.990. The number of nitrogens with zero attached hydrogens (tertiary/aromatic N) is 1. The third-order valence-electron chi connectivity index (χ3n) is 3.97. The van der Waals surface area contributed by atoms with Crippen molar-refractivity contribution in [3.63, 3.8) is 0 Å². The van der Waals surface area contributed by atoms with Gasteiger partial charge in [0.05, 0.1) is 0 Å². The summed E-state index contributed by atoms with van der Waals surface area (Å²) in [5.41, 5.74) is 1.90. The van der Waals surface area contributed by atoms with Gasteiger partial charge in [-0.2, -0.15) is 0 Å². The number of likely N-dealkylation sites (tertiary alicyclic amines) is 1. The first-order valence-corrected chi connectivity index (χ1v) is 8.20. The van der Waals surface area contributed by atoms with E-state index in [2.05, 4.69) is 4.90 Å². The largest absolute Gasteiger partial charge is 0.507 e. The minimum absolute atomic E-state index is 0.0323. The summed E-state index contributed by atoms with van der Waals surface area (Å²) in [4.78, 5) is 13.4. The molecule has 6 heteroatoms. The van der Waals surface area contributed by atoms with Crippen molar-refractivity contribution in [2.75, 3.05) is 26.0 Å². The zero-order valence-corrected chi connectivity index (χ0v) is 14.3. The summed E-state index contributed by atoms with van der Waals surface area (Å²) >= 11 is 11.8. The lowest BCUT2D eigenvalue weighted by atomic mass is 9.84. The maximum atomic E-state index is 11.2. The first-order chi connectivity index (χ1) is 10.9. The van der Waals surface area contributed by atoms with Crippen LogP contribution in [0.15, 0.2) is 41.0 Å². The van der Waals surface area contributed by atoms with E-state index in [1.54, 1.807) is 12.1 Å². The molecular weight excluding hydrogens is 337 g/mol. The van der Waals surface area contributed by atoms with Gasteiger partial charge in [0.1, 0.15) is 11.3 Å². The highest BCUT2D eigenvalue weighted by atomic mass is 35.5. The number of benzene rings is 1. The van der Waals surface area contributed by atoms with Gasteiger partial charge in [-0.25, -0.2) is 4.79 Å². The molecule has 1 fully saturated rings. The lowest BCUT2D eigenvalue weighted by Gasteiger charge is -2.33. The topological polar surface area (TPSA) is 60.8 Å². The van der Waals surface area contributed by atoms with Gasteiger partial charge in [0, 0.05) is 29.9 Å². The van der Waals surface area contributed by atoms with E-state index in [1.807, 2.05) is 13.1 Å². The van der Waals surface area contributed by atoms with Crippen LogP contribution in [0.2, 0.25) is 0 Å². The molecule has 0 saturated carbocycles. The fourth-order valence-corrected chi connectivity index (χ4v) is 3.22. The minimum atomic E-state index is -1.14. The molecule has 1 heterocycles. The van der Waals surface area contributed by atoms with Crippen LogP contribution in [0.4, 0.5) is 0 Å². The van der Waals surface area contributed by atoms with Gasteiger partial charge in [0.15, 0.2) is 0 Å². The van der Waals surface area contributed by atoms with Crippen LogP contribution in [-0.4, -0.2) is 47.1 Å². The van der Waals surface area contributed by atoms with Gasteiger partial charge in [-0.05, 0) is 37.2 Å². The van der Waals surface area contributed by atoms with Crippen LogP contribution in [0, 0.1) is 0 Å². The van der Waals surface area contributed by atoms with Crippen molar-refractivity contribution in [2.24, 2.45) is 0 Å². The zero-order valence-electron chi connectivity index (χ0n) is 12.8. The van der Waals surface area contributed by atoms with E-state index in [9.17, 15) is 15.0 Å². The van der Waals surface area contributed by atoms with Crippen LogP contribution in [0.5, 0.6) is 5.75 Å². The SMILES string of the molecule is CN1CC/C(=C\C(Cl)=C/CCl)C(c2ccc(O)c(C(=O)O)c2)C1. The first kappa shape index (κ1) is 17.9. The number of aromatic carboxylic acids is 1. The van der Waals surface area contributed by atoms with Crippen molar-refractivity contribution < 1.29 is 15.0 Å². The second kappa shape index (κ2) is 7.86. The van der Waals surface area contributed by atoms with E-state index in [0.717, 1.165) is 30.6 Å². The molecular formula is C17H19Cl2NO3. The highest BCUT2D eigenvalue weighted by Gasteiger charge is 2.25. The molecule has 1 aromatic carbocycles. The third kappa shape index (κ3) is 4.50. The Morgan fingerprint density at radius 1 is 1.48 bits per heavy atom.